The van der Waals surface area contributed by atoms with E-state index in [0.717, 1.165) is 78.4 Å². The van der Waals surface area contributed by atoms with Crippen LogP contribution in [0.5, 0.6) is 0 Å². The van der Waals surface area contributed by atoms with Gasteiger partial charge in [0.1, 0.15) is 5.82 Å². The van der Waals surface area contributed by atoms with Crippen molar-refractivity contribution < 1.29 is 30.7 Å². The van der Waals surface area contributed by atoms with E-state index in [9.17, 15) is 26.3 Å². The van der Waals surface area contributed by atoms with E-state index in [2.05, 4.69) is 4.57 Å². The van der Waals surface area contributed by atoms with Crippen LogP contribution < -0.4 is 0 Å². The van der Waals surface area contributed by atoms with Crippen molar-refractivity contribution in [3.05, 3.63) is 246 Å². The van der Waals surface area contributed by atoms with Gasteiger partial charge in [0.15, 0.2) is 0 Å². The maximum atomic E-state index is 15.7. The van der Waals surface area contributed by atoms with E-state index in [1.807, 2.05) is 135 Å². The van der Waals surface area contributed by atoms with Crippen LogP contribution in [0, 0.1) is 19.7 Å². The Morgan fingerprint density at radius 1 is 0.306 bits per heavy atom. The standard InChI is InChI=1S/C64H42F7N/c1-39-15-3-5-17-49(39)45-31-43(33-47(35-45)51-19-7-11-23-57(51)63(66,67)68)41-27-29-61-55(37-41)56-38-42(28-30-62(56)72(61)60-26-14-10-22-54(60)53-21-9-13-25-59(53)65)44-32-46(50-18-6-4-16-40(50)2)36-48(34-44)52-20-8-12-24-58(52)64(69,70)71/h3-38H,1-2H3. The summed E-state index contributed by atoms with van der Waals surface area (Å²) in [4.78, 5) is 0. The first-order chi connectivity index (χ1) is 34.7. The lowest BCUT2D eigenvalue weighted by atomic mass is 9.89. The molecule has 0 amide bonds. The summed E-state index contributed by atoms with van der Waals surface area (Å²) in [5, 5.41) is 1.59. The van der Waals surface area contributed by atoms with E-state index in [1.165, 1.54) is 30.3 Å². The summed E-state index contributed by atoms with van der Waals surface area (Å²) in [6.45, 7) is 3.94. The molecule has 0 unspecified atom stereocenters. The van der Waals surface area contributed by atoms with Crippen LogP contribution in [-0.2, 0) is 12.4 Å². The first kappa shape index (κ1) is 45.9. The van der Waals surface area contributed by atoms with Crippen LogP contribution in [-0.4, -0.2) is 4.57 Å². The minimum Gasteiger partial charge on any atom is -0.309 e. The molecule has 11 aromatic rings. The SMILES string of the molecule is Cc1ccccc1-c1cc(-c2ccc3c(c2)c2cc(-c4cc(-c5ccccc5C)cc(-c5ccccc5C(F)(F)F)c4)ccc2n3-c2ccccc2-c2ccccc2F)cc(-c2ccccc2C(F)(F)F)c1. The highest BCUT2D eigenvalue weighted by Crippen LogP contribution is 2.45. The lowest BCUT2D eigenvalue weighted by Gasteiger charge is -2.17. The highest BCUT2D eigenvalue weighted by molar-refractivity contribution is 6.12. The molecule has 0 aliphatic rings. The van der Waals surface area contributed by atoms with Gasteiger partial charge in [-0.25, -0.2) is 4.39 Å². The van der Waals surface area contributed by atoms with Gasteiger partial charge in [0, 0.05) is 21.9 Å². The van der Waals surface area contributed by atoms with Crippen LogP contribution in [0.25, 0.3) is 105 Å². The summed E-state index contributed by atoms with van der Waals surface area (Å²) in [6.07, 6.45) is -9.20. The molecule has 1 aromatic heterocycles. The summed E-state index contributed by atoms with van der Waals surface area (Å²) < 4.78 is 106. The lowest BCUT2D eigenvalue weighted by molar-refractivity contribution is -0.137. The van der Waals surface area contributed by atoms with Gasteiger partial charge < -0.3 is 4.57 Å². The Kier molecular flexibility index (Phi) is 11.5. The van der Waals surface area contributed by atoms with Gasteiger partial charge in [-0.2, -0.15) is 26.3 Å². The Bertz CT molecular complexity index is 3680. The Hall–Kier alpha value is -8.49. The largest absolute Gasteiger partial charge is 0.417 e. The third kappa shape index (κ3) is 8.42. The van der Waals surface area contributed by atoms with Gasteiger partial charge in [0.05, 0.1) is 27.8 Å². The summed E-state index contributed by atoms with van der Waals surface area (Å²) >= 11 is 0. The fourth-order valence-corrected chi connectivity index (χ4v) is 10.2. The average molecular weight is 958 g/mol. The van der Waals surface area contributed by atoms with Gasteiger partial charge in [0.25, 0.3) is 0 Å². The van der Waals surface area contributed by atoms with Crippen molar-refractivity contribution in [2.45, 2.75) is 26.2 Å². The highest BCUT2D eigenvalue weighted by Gasteiger charge is 2.35. The maximum absolute atomic E-state index is 15.7. The number of para-hydroxylation sites is 1. The van der Waals surface area contributed by atoms with Gasteiger partial charge in [-0.3, -0.25) is 0 Å². The van der Waals surface area contributed by atoms with Crippen molar-refractivity contribution in [1.82, 2.24) is 4.57 Å². The number of aromatic nitrogens is 1. The van der Waals surface area contributed by atoms with Crippen LogP contribution in [0.2, 0.25) is 0 Å². The molecule has 10 aromatic carbocycles. The summed E-state index contributed by atoms with van der Waals surface area (Å²) in [5.74, 6) is -0.386. The molecule has 72 heavy (non-hydrogen) atoms. The topological polar surface area (TPSA) is 4.93 Å². The van der Waals surface area contributed by atoms with E-state index < -0.39 is 23.5 Å². The fraction of sp³-hybridized carbons (Fsp3) is 0.0625. The monoisotopic (exact) mass is 957 g/mol. The first-order valence-corrected chi connectivity index (χ1v) is 23.4. The third-order valence-electron chi connectivity index (χ3n) is 13.6. The Morgan fingerprint density at radius 2 is 0.653 bits per heavy atom. The number of benzene rings is 10. The van der Waals surface area contributed by atoms with Gasteiger partial charge >= 0.3 is 12.4 Å². The molecule has 1 heterocycles. The molecule has 11 rings (SSSR count). The van der Waals surface area contributed by atoms with Crippen molar-refractivity contribution in [2.75, 3.05) is 0 Å². The van der Waals surface area contributed by atoms with Gasteiger partial charge in [-0.1, -0.05) is 133 Å². The van der Waals surface area contributed by atoms with E-state index in [-0.39, 0.29) is 16.9 Å². The van der Waals surface area contributed by atoms with E-state index in [1.54, 1.807) is 54.6 Å². The van der Waals surface area contributed by atoms with E-state index in [4.69, 9.17) is 0 Å². The van der Waals surface area contributed by atoms with Crippen LogP contribution in [0.4, 0.5) is 30.7 Å². The minimum atomic E-state index is -4.60. The molecule has 0 spiro atoms. The van der Waals surface area contributed by atoms with E-state index in [0.29, 0.717) is 39.1 Å². The minimum absolute atomic E-state index is 0.0545. The molecule has 0 radical (unpaired) electrons. The third-order valence-corrected chi connectivity index (χ3v) is 13.6. The fourth-order valence-electron chi connectivity index (χ4n) is 10.2. The van der Waals surface area contributed by atoms with Crippen molar-refractivity contribution in [1.29, 1.82) is 0 Å². The molecule has 1 nitrogen and oxygen atoms in total. The van der Waals surface area contributed by atoms with Crippen LogP contribution in [0.3, 0.4) is 0 Å². The van der Waals surface area contributed by atoms with Gasteiger partial charge in [-0.15, -0.1) is 0 Å². The predicted octanol–water partition coefficient (Wildman–Crippen LogP) is 19.2. The lowest BCUT2D eigenvalue weighted by Crippen LogP contribution is -2.07. The summed E-state index contributed by atoms with van der Waals surface area (Å²) in [7, 11) is 0. The molecule has 0 N–H and O–H groups in total. The van der Waals surface area contributed by atoms with Crippen molar-refractivity contribution in [2.24, 2.45) is 0 Å². The highest BCUT2D eigenvalue weighted by atomic mass is 19.4. The van der Waals surface area contributed by atoms with Crippen molar-refractivity contribution in [3.63, 3.8) is 0 Å². The van der Waals surface area contributed by atoms with Gasteiger partial charge in [-0.05, 0) is 177 Å². The zero-order chi connectivity index (χ0) is 49.9. The van der Waals surface area contributed by atoms with Crippen molar-refractivity contribution in [3.8, 4) is 83.6 Å². The Labute approximate surface area is 411 Å². The number of halogens is 7. The van der Waals surface area contributed by atoms with Crippen LogP contribution in [0.15, 0.2) is 218 Å². The molecule has 0 saturated heterocycles. The number of hydrogen-bond donors (Lipinski definition) is 0. The smallest absolute Gasteiger partial charge is 0.309 e. The summed E-state index contributed by atoms with van der Waals surface area (Å²) in [6, 6.07) is 64.0. The molecule has 0 aliphatic carbocycles. The summed E-state index contributed by atoms with van der Waals surface area (Å²) in [5.41, 5.74) is 10.8. The zero-order valence-electron chi connectivity index (χ0n) is 38.9. The molecule has 0 atom stereocenters. The number of aryl methyl sites for hydroxylation is 2. The average Bonchev–Trinajstić information content (AvgIpc) is 3.71. The molecule has 0 aliphatic heterocycles. The second-order valence-electron chi connectivity index (χ2n) is 18.1. The maximum Gasteiger partial charge on any atom is 0.417 e. The Balaban J connectivity index is 1.19. The number of nitrogens with zero attached hydrogens (tertiary/aromatic N) is 1. The molecule has 0 saturated carbocycles. The second kappa shape index (κ2) is 18.0. The number of alkyl halides is 6. The molecular formula is C64H42F7N. The van der Waals surface area contributed by atoms with Crippen LogP contribution in [0.1, 0.15) is 22.3 Å². The molecule has 0 bridgehead atoms. The quantitative estimate of drug-likeness (QED) is 0.134. The Morgan fingerprint density at radius 3 is 1.08 bits per heavy atom. The van der Waals surface area contributed by atoms with Crippen molar-refractivity contribution >= 4 is 21.8 Å². The first-order valence-electron chi connectivity index (χ1n) is 23.4. The number of hydrogen-bond acceptors (Lipinski definition) is 0. The van der Waals surface area contributed by atoms with Gasteiger partial charge in [0.2, 0.25) is 0 Å². The molecular weight excluding hydrogens is 916 g/mol. The molecule has 8 heteroatoms. The predicted molar refractivity (Wildman–Crippen MR) is 278 cm³/mol. The number of fused-ring (bicyclic) bond motifs is 3. The second-order valence-corrected chi connectivity index (χ2v) is 18.1. The normalized spacial score (nSPS) is 12.0. The molecule has 352 valence electrons. The van der Waals surface area contributed by atoms with Crippen LogP contribution >= 0.6 is 0 Å². The van der Waals surface area contributed by atoms with E-state index >= 15 is 4.39 Å². The molecule has 0 fully saturated rings. The zero-order valence-corrected chi connectivity index (χ0v) is 38.9. The number of rotatable bonds is 8.